The molecule has 1 atom stereocenters. The number of carbonyl (C=O) groups is 4. The molecule has 17 heteroatoms. The first-order chi connectivity index (χ1) is 21.9. The molecule has 3 aliphatic heterocycles. The van der Waals surface area contributed by atoms with Crippen molar-refractivity contribution < 1.29 is 59.3 Å². The summed E-state index contributed by atoms with van der Waals surface area (Å²) in [5.41, 5.74) is 1.36. The zero-order chi connectivity index (χ0) is 33.4. The number of rotatable bonds is 10. The second-order valence-corrected chi connectivity index (χ2v) is 11.5. The molecule has 2 aromatic rings. The molecule has 0 spiro atoms. The van der Waals surface area contributed by atoms with Gasteiger partial charge in [-0.25, -0.2) is 19.7 Å². The SMILES string of the molecule is COc1ncc(N2CCc3ncnc(O[C@H]4CCN(C(=O)C5CCOCC5)C4)c3C2)cc1C.O.O=C(O)CC(O)(CC(=O)O)C(=O)O. The molecule has 5 heterocycles. The second kappa shape index (κ2) is 16.3. The van der Waals surface area contributed by atoms with Gasteiger partial charge < -0.3 is 49.9 Å². The number of hydrogen-bond acceptors (Lipinski definition) is 12. The van der Waals surface area contributed by atoms with E-state index >= 15 is 0 Å². The quantitative estimate of drug-likeness (QED) is 0.263. The van der Waals surface area contributed by atoms with Crippen molar-refractivity contribution in [3.8, 4) is 11.8 Å². The van der Waals surface area contributed by atoms with Crippen molar-refractivity contribution >= 4 is 29.5 Å². The summed E-state index contributed by atoms with van der Waals surface area (Å²) in [4.78, 5) is 61.0. The van der Waals surface area contributed by atoms with Crippen LogP contribution in [-0.2, 0) is 36.9 Å². The lowest BCUT2D eigenvalue weighted by Crippen LogP contribution is -2.42. The average Bonchev–Trinajstić information content (AvgIpc) is 3.49. The van der Waals surface area contributed by atoms with Crippen molar-refractivity contribution in [1.29, 1.82) is 0 Å². The van der Waals surface area contributed by atoms with Crippen molar-refractivity contribution in [2.75, 3.05) is 44.9 Å². The molecule has 1 amide bonds. The molecular weight excluding hydrogens is 622 g/mol. The standard InChI is InChI=1S/C24H31N5O4.C6H8O7.H2O/c1-16-11-18(12-25-22(16)31-2)28-8-4-21-20(14-28)23(27-15-26-21)33-19-3-7-29(13-19)24(30)17-5-9-32-10-6-17;7-3(8)1-6(13,5(11)12)2-4(9)10;/h11-12,15,17,19H,3-10,13-14H2,1-2H3;13H,1-2H2,(H,7,8)(H,9,10)(H,11,12);1H2/t19-;;/m0../s1. The maximum atomic E-state index is 12.9. The highest BCUT2D eigenvalue weighted by molar-refractivity contribution is 5.88. The minimum atomic E-state index is -2.74. The van der Waals surface area contributed by atoms with Crippen LogP contribution in [0.1, 0.15) is 48.9 Å². The highest BCUT2D eigenvalue weighted by Gasteiger charge is 2.41. The largest absolute Gasteiger partial charge is 0.481 e. The third-order valence-electron chi connectivity index (χ3n) is 8.13. The van der Waals surface area contributed by atoms with Crippen LogP contribution in [0, 0.1) is 12.8 Å². The predicted octanol–water partition coefficient (Wildman–Crippen LogP) is 0.0844. The lowest BCUT2D eigenvalue weighted by atomic mass is 9.96. The summed E-state index contributed by atoms with van der Waals surface area (Å²) in [5.74, 6) is -3.42. The molecule has 5 rings (SSSR count). The number of anilines is 1. The molecule has 2 aromatic heterocycles. The summed E-state index contributed by atoms with van der Waals surface area (Å²) < 4.78 is 17.1. The maximum absolute atomic E-state index is 12.9. The third-order valence-corrected chi connectivity index (χ3v) is 8.13. The first-order valence-electron chi connectivity index (χ1n) is 14.9. The van der Waals surface area contributed by atoms with E-state index in [0.29, 0.717) is 38.1 Å². The van der Waals surface area contributed by atoms with Gasteiger partial charge in [-0.1, -0.05) is 0 Å². The molecule has 0 radical (unpaired) electrons. The van der Waals surface area contributed by atoms with Crippen LogP contribution in [-0.4, -0.2) is 121 Å². The Morgan fingerprint density at radius 3 is 2.28 bits per heavy atom. The molecule has 6 N–H and O–H groups in total. The van der Waals surface area contributed by atoms with E-state index in [0.717, 1.165) is 61.3 Å². The van der Waals surface area contributed by atoms with Gasteiger partial charge in [-0.2, -0.15) is 0 Å². The van der Waals surface area contributed by atoms with Crippen LogP contribution >= 0.6 is 0 Å². The number of ether oxygens (including phenoxy) is 3. The molecule has 0 aliphatic carbocycles. The van der Waals surface area contributed by atoms with Gasteiger partial charge >= 0.3 is 17.9 Å². The van der Waals surface area contributed by atoms with Crippen LogP contribution in [0.25, 0.3) is 0 Å². The number of carboxylic acids is 3. The van der Waals surface area contributed by atoms with Crippen LogP contribution in [0.2, 0.25) is 0 Å². The Morgan fingerprint density at radius 1 is 1.00 bits per heavy atom. The molecule has 47 heavy (non-hydrogen) atoms. The highest BCUT2D eigenvalue weighted by Crippen LogP contribution is 2.31. The van der Waals surface area contributed by atoms with Crippen LogP contribution < -0.4 is 14.4 Å². The fourth-order valence-electron chi connectivity index (χ4n) is 5.67. The molecule has 3 aliphatic rings. The third kappa shape index (κ3) is 9.46. The maximum Gasteiger partial charge on any atom is 0.336 e. The lowest BCUT2D eigenvalue weighted by Gasteiger charge is -2.31. The molecule has 2 fully saturated rings. The van der Waals surface area contributed by atoms with E-state index in [-0.39, 0.29) is 23.4 Å². The molecular formula is C30H41N5O12. The van der Waals surface area contributed by atoms with Crippen molar-refractivity contribution in [3.63, 3.8) is 0 Å². The van der Waals surface area contributed by atoms with E-state index in [2.05, 4.69) is 25.9 Å². The van der Waals surface area contributed by atoms with Gasteiger partial charge in [0.2, 0.25) is 17.7 Å². The summed E-state index contributed by atoms with van der Waals surface area (Å²) in [7, 11) is 1.63. The van der Waals surface area contributed by atoms with Crippen LogP contribution in [0.4, 0.5) is 5.69 Å². The fraction of sp³-hybridized carbons (Fsp3) is 0.567. The number of aromatic nitrogens is 3. The summed E-state index contributed by atoms with van der Waals surface area (Å²) in [6.45, 7) is 6.22. The van der Waals surface area contributed by atoms with E-state index in [9.17, 15) is 19.2 Å². The number of amides is 1. The van der Waals surface area contributed by atoms with Crippen LogP contribution in [0.15, 0.2) is 18.6 Å². The monoisotopic (exact) mass is 663 g/mol. The summed E-state index contributed by atoms with van der Waals surface area (Å²) in [5, 5.41) is 33.8. The number of fused-ring (bicyclic) bond motifs is 1. The number of aryl methyl sites for hydroxylation is 1. The van der Waals surface area contributed by atoms with Crippen molar-refractivity contribution in [3.05, 3.63) is 35.4 Å². The van der Waals surface area contributed by atoms with Crippen LogP contribution in [0.3, 0.4) is 0 Å². The topological polar surface area (TPSA) is 254 Å². The summed E-state index contributed by atoms with van der Waals surface area (Å²) in [6, 6.07) is 2.10. The Labute approximate surface area is 270 Å². The molecule has 17 nitrogen and oxygen atoms in total. The van der Waals surface area contributed by atoms with Gasteiger partial charge in [-0.15, -0.1) is 0 Å². The summed E-state index contributed by atoms with van der Waals surface area (Å²) in [6.07, 6.45) is 4.36. The second-order valence-electron chi connectivity index (χ2n) is 11.5. The minimum absolute atomic E-state index is 0. The molecule has 2 saturated heterocycles. The van der Waals surface area contributed by atoms with E-state index in [1.165, 1.54) is 0 Å². The molecule has 0 aromatic carbocycles. The number of carbonyl (C=O) groups excluding carboxylic acids is 1. The number of pyridine rings is 1. The minimum Gasteiger partial charge on any atom is -0.481 e. The van der Waals surface area contributed by atoms with Gasteiger partial charge in [0.25, 0.3) is 0 Å². The fourth-order valence-corrected chi connectivity index (χ4v) is 5.67. The molecule has 0 unspecified atom stereocenters. The first kappa shape index (κ1) is 36.9. The smallest absolute Gasteiger partial charge is 0.336 e. The Balaban J connectivity index is 0.000000367. The molecule has 258 valence electrons. The Bertz CT molecular complexity index is 1420. The lowest BCUT2D eigenvalue weighted by molar-refractivity contribution is -0.170. The molecule has 0 saturated carbocycles. The van der Waals surface area contributed by atoms with Gasteiger partial charge in [0.15, 0.2) is 5.60 Å². The average molecular weight is 664 g/mol. The molecule has 0 bridgehead atoms. The van der Waals surface area contributed by atoms with Crippen LogP contribution in [0.5, 0.6) is 11.8 Å². The van der Waals surface area contributed by atoms with E-state index in [1.807, 2.05) is 18.0 Å². The Morgan fingerprint density at radius 2 is 1.68 bits per heavy atom. The van der Waals surface area contributed by atoms with Gasteiger partial charge in [-0.3, -0.25) is 14.4 Å². The Hall–Kier alpha value is -4.61. The van der Waals surface area contributed by atoms with E-state index in [1.54, 1.807) is 13.4 Å². The number of aliphatic carboxylic acids is 3. The van der Waals surface area contributed by atoms with Crippen molar-refractivity contribution in [2.45, 2.75) is 63.7 Å². The number of likely N-dealkylation sites (tertiary alicyclic amines) is 1. The number of aliphatic hydroxyl groups is 1. The number of nitrogens with zero attached hydrogens (tertiary/aromatic N) is 5. The van der Waals surface area contributed by atoms with E-state index in [4.69, 9.17) is 34.6 Å². The van der Waals surface area contributed by atoms with Crippen molar-refractivity contribution in [2.24, 2.45) is 5.92 Å². The highest BCUT2D eigenvalue weighted by atomic mass is 16.5. The first-order valence-corrected chi connectivity index (χ1v) is 14.9. The van der Waals surface area contributed by atoms with Gasteiger partial charge in [0.05, 0.1) is 56.2 Å². The van der Waals surface area contributed by atoms with Gasteiger partial charge in [0, 0.05) is 50.6 Å². The number of hydrogen-bond donors (Lipinski definition) is 4. The van der Waals surface area contributed by atoms with E-state index < -0.39 is 36.4 Å². The number of methoxy groups -OCH3 is 1. The Kier molecular flexibility index (Phi) is 12.8. The van der Waals surface area contributed by atoms with Gasteiger partial charge in [0.1, 0.15) is 12.4 Å². The predicted molar refractivity (Wildman–Crippen MR) is 162 cm³/mol. The zero-order valence-electron chi connectivity index (χ0n) is 26.3. The summed E-state index contributed by atoms with van der Waals surface area (Å²) >= 11 is 0. The zero-order valence-corrected chi connectivity index (χ0v) is 26.3. The van der Waals surface area contributed by atoms with Gasteiger partial charge in [-0.05, 0) is 25.8 Å². The number of carboxylic acid groups (broad SMARTS) is 3. The van der Waals surface area contributed by atoms with Crippen molar-refractivity contribution in [1.82, 2.24) is 19.9 Å². The normalized spacial score (nSPS) is 17.8.